The van der Waals surface area contributed by atoms with Gasteiger partial charge in [-0.1, -0.05) is 79.5 Å². The maximum atomic E-state index is 13.7. The Kier molecular flexibility index (Phi) is 12.1. The molecular formula is C31H37ClN2O2S. The third-order valence-electron chi connectivity index (χ3n) is 6.32. The van der Waals surface area contributed by atoms with Gasteiger partial charge in [0.1, 0.15) is 6.04 Å². The summed E-state index contributed by atoms with van der Waals surface area (Å²) in [5.74, 6) is 0.735. The Labute approximate surface area is 230 Å². The van der Waals surface area contributed by atoms with Crippen LogP contribution in [0, 0.1) is 6.92 Å². The molecule has 0 aliphatic heterocycles. The van der Waals surface area contributed by atoms with Crippen molar-refractivity contribution in [1.29, 1.82) is 0 Å². The molecule has 0 radical (unpaired) electrons. The third-order valence-corrected chi connectivity index (χ3v) is 7.67. The minimum atomic E-state index is -0.574. The van der Waals surface area contributed by atoms with Gasteiger partial charge in [-0.2, -0.15) is 0 Å². The number of nitrogens with zero attached hydrogens (tertiary/aromatic N) is 1. The minimum Gasteiger partial charge on any atom is -0.354 e. The standard InChI is InChI=1S/C31H37ClN2O2S/c1-3-4-20-33-31(36)29(22-25-12-6-5-7-13-25)34(23-26-14-9-8-11-24(26)2)30(35)15-10-21-37-28-18-16-27(32)17-19-28/h5-9,11-14,16-19,29H,3-4,10,15,20-23H2,1-2H3,(H,33,36). The van der Waals surface area contributed by atoms with Crippen molar-refractivity contribution < 1.29 is 9.59 Å². The molecule has 1 unspecified atom stereocenters. The molecule has 0 saturated heterocycles. The van der Waals surface area contributed by atoms with Crippen molar-refractivity contribution in [3.8, 4) is 0 Å². The average molecular weight is 537 g/mol. The molecule has 0 heterocycles. The Bertz CT molecular complexity index is 1120. The maximum absolute atomic E-state index is 13.7. The van der Waals surface area contributed by atoms with Crippen LogP contribution in [0.2, 0.25) is 5.02 Å². The number of benzene rings is 3. The topological polar surface area (TPSA) is 49.4 Å². The summed E-state index contributed by atoms with van der Waals surface area (Å²) in [4.78, 5) is 30.1. The highest BCUT2D eigenvalue weighted by Crippen LogP contribution is 2.23. The van der Waals surface area contributed by atoms with E-state index < -0.39 is 6.04 Å². The number of aryl methyl sites for hydroxylation is 1. The van der Waals surface area contributed by atoms with Gasteiger partial charge in [-0.3, -0.25) is 9.59 Å². The monoisotopic (exact) mass is 536 g/mol. The molecule has 0 bridgehead atoms. The Balaban J connectivity index is 1.78. The lowest BCUT2D eigenvalue weighted by Crippen LogP contribution is -2.50. The van der Waals surface area contributed by atoms with E-state index in [1.807, 2.05) is 85.8 Å². The van der Waals surface area contributed by atoms with Crippen molar-refractivity contribution in [3.63, 3.8) is 0 Å². The van der Waals surface area contributed by atoms with E-state index in [2.05, 4.69) is 12.2 Å². The van der Waals surface area contributed by atoms with Crippen LogP contribution in [0.1, 0.15) is 49.3 Å². The number of carbonyl (C=O) groups is 2. The van der Waals surface area contributed by atoms with Gasteiger partial charge in [0.2, 0.25) is 11.8 Å². The molecule has 6 heteroatoms. The van der Waals surface area contributed by atoms with E-state index in [9.17, 15) is 9.59 Å². The van der Waals surface area contributed by atoms with Crippen molar-refractivity contribution in [2.45, 2.75) is 63.4 Å². The van der Waals surface area contributed by atoms with Crippen molar-refractivity contribution in [2.24, 2.45) is 0 Å². The van der Waals surface area contributed by atoms with Gasteiger partial charge < -0.3 is 10.2 Å². The summed E-state index contributed by atoms with van der Waals surface area (Å²) >= 11 is 7.70. The highest BCUT2D eigenvalue weighted by Gasteiger charge is 2.30. The third kappa shape index (κ3) is 9.56. The van der Waals surface area contributed by atoms with Gasteiger partial charge in [0, 0.05) is 35.8 Å². The van der Waals surface area contributed by atoms with Crippen LogP contribution < -0.4 is 5.32 Å². The number of thioether (sulfide) groups is 1. The molecule has 0 fully saturated rings. The van der Waals surface area contributed by atoms with E-state index >= 15 is 0 Å². The molecular weight excluding hydrogens is 500 g/mol. The van der Waals surface area contributed by atoms with E-state index in [0.717, 1.165) is 46.6 Å². The predicted octanol–water partition coefficient (Wildman–Crippen LogP) is 7.08. The zero-order valence-corrected chi connectivity index (χ0v) is 23.4. The van der Waals surface area contributed by atoms with Crippen LogP contribution >= 0.6 is 23.4 Å². The normalized spacial score (nSPS) is 11.6. The number of halogens is 1. The smallest absolute Gasteiger partial charge is 0.243 e. The fourth-order valence-electron chi connectivity index (χ4n) is 4.12. The first kappa shape index (κ1) is 28.8. The average Bonchev–Trinajstić information content (AvgIpc) is 2.91. The van der Waals surface area contributed by atoms with Crippen LogP contribution in [0.5, 0.6) is 0 Å². The lowest BCUT2D eigenvalue weighted by Gasteiger charge is -2.32. The number of nitrogens with one attached hydrogen (secondary N) is 1. The molecule has 196 valence electrons. The fraction of sp³-hybridized carbons (Fsp3) is 0.355. The predicted molar refractivity (Wildman–Crippen MR) is 155 cm³/mol. The molecule has 0 aromatic heterocycles. The second kappa shape index (κ2) is 15.5. The summed E-state index contributed by atoms with van der Waals surface area (Å²) in [7, 11) is 0. The van der Waals surface area contributed by atoms with Gasteiger partial charge in [0.15, 0.2) is 0 Å². The van der Waals surface area contributed by atoms with Crippen LogP contribution in [0.3, 0.4) is 0 Å². The van der Waals surface area contributed by atoms with Crippen LogP contribution in [-0.4, -0.2) is 35.1 Å². The first-order valence-electron chi connectivity index (χ1n) is 13.0. The van der Waals surface area contributed by atoms with Crippen molar-refractivity contribution in [3.05, 3.63) is 101 Å². The van der Waals surface area contributed by atoms with Gasteiger partial charge in [-0.15, -0.1) is 11.8 Å². The van der Waals surface area contributed by atoms with Crippen molar-refractivity contribution in [1.82, 2.24) is 10.2 Å². The second-order valence-electron chi connectivity index (χ2n) is 9.20. The zero-order valence-electron chi connectivity index (χ0n) is 21.8. The number of rotatable bonds is 14. The van der Waals surface area contributed by atoms with Gasteiger partial charge in [-0.05, 0) is 66.5 Å². The molecule has 4 nitrogen and oxygen atoms in total. The summed E-state index contributed by atoms with van der Waals surface area (Å²) in [6.45, 7) is 5.18. The molecule has 3 rings (SSSR count). The fourth-order valence-corrected chi connectivity index (χ4v) is 5.10. The highest BCUT2D eigenvalue weighted by molar-refractivity contribution is 7.99. The summed E-state index contributed by atoms with van der Waals surface area (Å²) in [5.41, 5.74) is 3.22. The van der Waals surface area contributed by atoms with Crippen LogP contribution in [-0.2, 0) is 22.6 Å². The Hall–Kier alpha value is -2.76. The largest absolute Gasteiger partial charge is 0.354 e. The second-order valence-corrected chi connectivity index (χ2v) is 10.8. The summed E-state index contributed by atoms with van der Waals surface area (Å²) in [5, 5.41) is 3.80. The number of carbonyl (C=O) groups excluding carboxylic acids is 2. The molecule has 3 aromatic carbocycles. The Morgan fingerprint density at radius 2 is 1.65 bits per heavy atom. The van der Waals surface area contributed by atoms with E-state index in [4.69, 9.17) is 11.6 Å². The van der Waals surface area contributed by atoms with Crippen molar-refractivity contribution >= 4 is 35.2 Å². The van der Waals surface area contributed by atoms with E-state index in [1.54, 1.807) is 16.7 Å². The van der Waals surface area contributed by atoms with E-state index in [1.165, 1.54) is 0 Å². The summed E-state index contributed by atoms with van der Waals surface area (Å²) in [6.07, 6.45) is 3.51. The minimum absolute atomic E-state index is 0.00605. The lowest BCUT2D eigenvalue weighted by atomic mass is 10.0. The number of hydrogen-bond acceptors (Lipinski definition) is 3. The molecule has 0 aliphatic carbocycles. The van der Waals surface area contributed by atoms with Gasteiger partial charge in [0.25, 0.3) is 0 Å². The van der Waals surface area contributed by atoms with Crippen LogP contribution in [0.4, 0.5) is 0 Å². The molecule has 3 aromatic rings. The zero-order chi connectivity index (χ0) is 26.5. The number of unbranched alkanes of at least 4 members (excludes halogenated alkanes) is 1. The molecule has 0 saturated carbocycles. The van der Waals surface area contributed by atoms with Gasteiger partial charge in [0.05, 0.1) is 0 Å². The Morgan fingerprint density at radius 3 is 2.35 bits per heavy atom. The molecule has 37 heavy (non-hydrogen) atoms. The van der Waals surface area contributed by atoms with Gasteiger partial charge in [-0.25, -0.2) is 0 Å². The number of hydrogen-bond donors (Lipinski definition) is 1. The summed E-state index contributed by atoms with van der Waals surface area (Å²) in [6, 6.07) is 25.2. The van der Waals surface area contributed by atoms with Crippen molar-refractivity contribution in [2.75, 3.05) is 12.3 Å². The first-order valence-corrected chi connectivity index (χ1v) is 14.4. The van der Waals surface area contributed by atoms with E-state index in [0.29, 0.717) is 31.0 Å². The molecule has 2 amide bonds. The molecule has 0 aliphatic rings. The molecule has 1 atom stereocenters. The quantitative estimate of drug-likeness (QED) is 0.177. The Morgan fingerprint density at radius 1 is 0.946 bits per heavy atom. The van der Waals surface area contributed by atoms with Crippen LogP contribution in [0.25, 0.3) is 0 Å². The van der Waals surface area contributed by atoms with E-state index in [-0.39, 0.29) is 11.8 Å². The molecule has 1 N–H and O–H groups in total. The van der Waals surface area contributed by atoms with Gasteiger partial charge >= 0.3 is 0 Å². The maximum Gasteiger partial charge on any atom is 0.243 e. The first-order chi connectivity index (χ1) is 18.0. The number of amides is 2. The highest BCUT2D eigenvalue weighted by atomic mass is 35.5. The SMILES string of the molecule is CCCCNC(=O)C(Cc1ccccc1)N(Cc1ccccc1C)C(=O)CCCSc1ccc(Cl)cc1. The summed E-state index contributed by atoms with van der Waals surface area (Å²) < 4.78 is 0. The van der Waals surface area contributed by atoms with Crippen LogP contribution in [0.15, 0.2) is 83.8 Å². The lowest BCUT2D eigenvalue weighted by molar-refractivity contribution is -0.141. The molecule has 0 spiro atoms.